The zero-order valence-electron chi connectivity index (χ0n) is 11.3. The molecular weight excluding hydrogens is 212 g/mol. The number of hydrogen-bond acceptors (Lipinski definition) is 3. The first-order chi connectivity index (χ1) is 7.94. The highest BCUT2D eigenvalue weighted by atomic mass is 16.5. The molecule has 96 valence electrons. The molecule has 1 aromatic carbocycles. The second kappa shape index (κ2) is 5.80. The van der Waals surface area contributed by atoms with Gasteiger partial charge in [-0.05, 0) is 24.0 Å². The molecule has 1 rings (SSSR count). The number of para-hydroxylation sites is 1. The van der Waals surface area contributed by atoms with Crippen molar-refractivity contribution in [2.45, 2.75) is 34.1 Å². The van der Waals surface area contributed by atoms with Crippen LogP contribution in [0.5, 0.6) is 5.75 Å². The number of nitrogen functional groups attached to an aromatic ring is 1. The van der Waals surface area contributed by atoms with Crippen LogP contribution in [0.1, 0.15) is 34.1 Å². The lowest BCUT2D eigenvalue weighted by Crippen LogP contribution is -2.19. The molecule has 3 nitrogen and oxygen atoms in total. The molecule has 3 N–H and O–H groups in total. The molecule has 0 amide bonds. The van der Waals surface area contributed by atoms with Crippen molar-refractivity contribution in [3.8, 4) is 5.75 Å². The van der Waals surface area contributed by atoms with E-state index in [1.54, 1.807) is 0 Å². The molecule has 17 heavy (non-hydrogen) atoms. The molecule has 3 heteroatoms. The monoisotopic (exact) mass is 236 g/mol. The Morgan fingerprint density at radius 2 is 2.00 bits per heavy atom. The van der Waals surface area contributed by atoms with E-state index in [1.807, 2.05) is 18.2 Å². The molecule has 0 aliphatic heterocycles. The van der Waals surface area contributed by atoms with Crippen LogP contribution in [0.2, 0.25) is 0 Å². The smallest absolute Gasteiger partial charge is 0.144 e. The van der Waals surface area contributed by atoms with E-state index in [2.05, 4.69) is 33.0 Å². The molecule has 0 saturated carbocycles. The number of benzene rings is 1. The van der Waals surface area contributed by atoms with Gasteiger partial charge in [-0.2, -0.15) is 0 Å². The number of nitrogens with one attached hydrogen (secondary N) is 1. The van der Waals surface area contributed by atoms with Crippen LogP contribution in [-0.4, -0.2) is 13.2 Å². The molecule has 0 atom stereocenters. The van der Waals surface area contributed by atoms with Crippen molar-refractivity contribution in [1.82, 2.24) is 0 Å². The van der Waals surface area contributed by atoms with Gasteiger partial charge in [0.25, 0.3) is 0 Å². The van der Waals surface area contributed by atoms with Crippen LogP contribution in [0.4, 0.5) is 11.4 Å². The first-order valence-corrected chi connectivity index (χ1v) is 6.19. The van der Waals surface area contributed by atoms with Crippen LogP contribution in [0.3, 0.4) is 0 Å². The van der Waals surface area contributed by atoms with Gasteiger partial charge < -0.3 is 15.8 Å². The van der Waals surface area contributed by atoms with E-state index in [1.165, 1.54) is 0 Å². The molecule has 0 heterocycles. The summed E-state index contributed by atoms with van der Waals surface area (Å²) in [6.07, 6.45) is 0.985. The van der Waals surface area contributed by atoms with Crippen molar-refractivity contribution in [2.75, 3.05) is 24.2 Å². The van der Waals surface area contributed by atoms with Crippen molar-refractivity contribution in [3.63, 3.8) is 0 Å². The highest BCUT2D eigenvalue weighted by Gasteiger charge is 2.11. The summed E-state index contributed by atoms with van der Waals surface area (Å²) >= 11 is 0. The van der Waals surface area contributed by atoms with Crippen molar-refractivity contribution in [2.24, 2.45) is 5.41 Å². The lowest BCUT2D eigenvalue weighted by Gasteiger charge is -2.21. The third-order valence-corrected chi connectivity index (χ3v) is 2.34. The summed E-state index contributed by atoms with van der Waals surface area (Å²) in [6.45, 7) is 10.2. The Labute approximate surface area is 104 Å². The van der Waals surface area contributed by atoms with E-state index in [0.717, 1.165) is 24.4 Å². The average Bonchev–Trinajstić information content (AvgIpc) is 2.25. The fourth-order valence-corrected chi connectivity index (χ4v) is 1.40. The molecule has 0 saturated heterocycles. The number of rotatable bonds is 5. The Morgan fingerprint density at radius 1 is 1.29 bits per heavy atom. The third-order valence-electron chi connectivity index (χ3n) is 2.34. The van der Waals surface area contributed by atoms with Crippen LogP contribution in [0, 0.1) is 5.41 Å². The van der Waals surface area contributed by atoms with Crippen LogP contribution in [0.25, 0.3) is 0 Å². The van der Waals surface area contributed by atoms with Crippen molar-refractivity contribution in [1.29, 1.82) is 0 Å². The van der Waals surface area contributed by atoms with Gasteiger partial charge in [0.1, 0.15) is 5.75 Å². The summed E-state index contributed by atoms with van der Waals surface area (Å²) in [5, 5.41) is 3.36. The molecular formula is C14H24N2O. The zero-order chi connectivity index (χ0) is 12.9. The third kappa shape index (κ3) is 4.55. The maximum Gasteiger partial charge on any atom is 0.144 e. The minimum Gasteiger partial charge on any atom is -0.491 e. The maximum absolute atomic E-state index is 6.07. The van der Waals surface area contributed by atoms with E-state index < -0.39 is 0 Å². The fourth-order valence-electron chi connectivity index (χ4n) is 1.40. The van der Waals surface area contributed by atoms with Gasteiger partial charge in [0.2, 0.25) is 0 Å². The number of nitrogens with two attached hydrogens (primary N) is 1. The van der Waals surface area contributed by atoms with Crippen LogP contribution in [-0.2, 0) is 0 Å². The summed E-state index contributed by atoms with van der Waals surface area (Å²) < 4.78 is 5.59. The highest BCUT2D eigenvalue weighted by Crippen LogP contribution is 2.30. The highest BCUT2D eigenvalue weighted by molar-refractivity contribution is 5.72. The minimum atomic E-state index is 0.229. The molecule has 1 aromatic rings. The SMILES string of the molecule is CCCOc1cccc(NCC(C)(C)C)c1N. The quantitative estimate of drug-likeness (QED) is 0.769. The van der Waals surface area contributed by atoms with Gasteiger partial charge in [-0.3, -0.25) is 0 Å². The molecule has 0 fully saturated rings. The topological polar surface area (TPSA) is 47.3 Å². The Hall–Kier alpha value is -1.38. The van der Waals surface area contributed by atoms with Gasteiger partial charge >= 0.3 is 0 Å². The van der Waals surface area contributed by atoms with Crippen LogP contribution in [0.15, 0.2) is 18.2 Å². The molecule has 0 aromatic heterocycles. The first-order valence-electron chi connectivity index (χ1n) is 6.19. The zero-order valence-corrected chi connectivity index (χ0v) is 11.3. The summed E-state index contributed by atoms with van der Waals surface area (Å²) in [4.78, 5) is 0. The lowest BCUT2D eigenvalue weighted by atomic mass is 9.97. The Morgan fingerprint density at radius 3 is 2.59 bits per heavy atom. The van der Waals surface area contributed by atoms with Gasteiger partial charge in [0.15, 0.2) is 0 Å². The largest absolute Gasteiger partial charge is 0.491 e. The second-order valence-corrected chi connectivity index (χ2v) is 5.48. The van der Waals surface area contributed by atoms with Crippen molar-refractivity contribution < 1.29 is 4.74 Å². The Bertz CT molecular complexity index is 356. The van der Waals surface area contributed by atoms with E-state index in [4.69, 9.17) is 10.5 Å². The van der Waals surface area contributed by atoms with Gasteiger partial charge in [-0.25, -0.2) is 0 Å². The molecule has 0 radical (unpaired) electrons. The van der Waals surface area contributed by atoms with E-state index in [0.29, 0.717) is 12.3 Å². The van der Waals surface area contributed by atoms with Gasteiger partial charge in [-0.15, -0.1) is 0 Å². The molecule has 0 aliphatic carbocycles. The molecule has 0 unspecified atom stereocenters. The van der Waals surface area contributed by atoms with Crippen molar-refractivity contribution in [3.05, 3.63) is 18.2 Å². The van der Waals surface area contributed by atoms with E-state index >= 15 is 0 Å². The van der Waals surface area contributed by atoms with E-state index in [-0.39, 0.29) is 5.41 Å². The number of ether oxygens (including phenoxy) is 1. The first kappa shape index (κ1) is 13.7. The summed E-state index contributed by atoms with van der Waals surface area (Å²) in [5.41, 5.74) is 7.95. The molecule has 0 aliphatic rings. The average molecular weight is 236 g/mol. The van der Waals surface area contributed by atoms with E-state index in [9.17, 15) is 0 Å². The number of hydrogen-bond donors (Lipinski definition) is 2. The predicted molar refractivity (Wildman–Crippen MR) is 74.6 cm³/mol. The van der Waals surface area contributed by atoms with Gasteiger partial charge in [0, 0.05) is 6.54 Å². The van der Waals surface area contributed by atoms with Crippen molar-refractivity contribution >= 4 is 11.4 Å². The summed E-state index contributed by atoms with van der Waals surface area (Å²) in [7, 11) is 0. The van der Waals surface area contributed by atoms with Gasteiger partial charge in [-0.1, -0.05) is 33.8 Å². The fraction of sp³-hybridized carbons (Fsp3) is 0.571. The summed E-state index contributed by atoms with van der Waals surface area (Å²) in [6, 6.07) is 5.86. The Kier molecular flexibility index (Phi) is 4.67. The lowest BCUT2D eigenvalue weighted by molar-refractivity contribution is 0.319. The Balaban J connectivity index is 2.72. The van der Waals surface area contributed by atoms with Crippen LogP contribution < -0.4 is 15.8 Å². The number of anilines is 2. The normalized spacial score (nSPS) is 11.3. The standard InChI is InChI=1S/C14H24N2O/c1-5-9-17-12-8-6-7-11(13(12)15)16-10-14(2,3)4/h6-8,16H,5,9-10,15H2,1-4H3. The van der Waals surface area contributed by atoms with Crippen LogP contribution >= 0.6 is 0 Å². The summed E-state index contributed by atoms with van der Waals surface area (Å²) in [5.74, 6) is 0.769. The maximum atomic E-state index is 6.07. The second-order valence-electron chi connectivity index (χ2n) is 5.48. The van der Waals surface area contributed by atoms with Gasteiger partial charge in [0.05, 0.1) is 18.0 Å². The molecule has 0 spiro atoms. The minimum absolute atomic E-state index is 0.229. The molecule has 0 bridgehead atoms. The predicted octanol–water partition coefficient (Wildman–Crippen LogP) is 3.52.